The van der Waals surface area contributed by atoms with Gasteiger partial charge in [-0.2, -0.15) is 0 Å². The molecule has 0 aromatic heterocycles. The van der Waals surface area contributed by atoms with E-state index in [1.165, 1.54) is 0 Å². The Hall–Kier alpha value is -1.69. The van der Waals surface area contributed by atoms with Crippen molar-refractivity contribution < 1.29 is 23.8 Å². The van der Waals surface area contributed by atoms with E-state index < -0.39 is 20.4 Å². The van der Waals surface area contributed by atoms with Gasteiger partial charge in [-0.25, -0.2) is 4.79 Å². The summed E-state index contributed by atoms with van der Waals surface area (Å²) in [6, 6.07) is 5.31. The van der Waals surface area contributed by atoms with Crippen molar-refractivity contribution in [3.8, 4) is 17.2 Å². The second kappa shape index (κ2) is 5.25. The third-order valence-electron chi connectivity index (χ3n) is 4.03. The van der Waals surface area contributed by atoms with Crippen LogP contribution in [0.4, 0.5) is 0 Å². The van der Waals surface area contributed by atoms with Crippen molar-refractivity contribution in [3.05, 3.63) is 18.2 Å². The third kappa shape index (κ3) is 3.32. The summed E-state index contributed by atoms with van der Waals surface area (Å²) in [4.78, 5) is 11.0. The lowest BCUT2D eigenvalue weighted by molar-refractivity contribution is -0.147. The maximum atomic E-state index is 11.0. The van der Waals surface area contributed by atoms with Gasteiger partial charge in [-0.15, -0.1) is 0 Å². The van der Waals surface area contributed by atoms with E-state index in [4.69, 9.17) is 19.0 Å². The lowest BCUT2D eigenvalue weighted by Gasteiger charge is -2.36. The quantitative estimate of drug-likeness (QED) is 0.868. The summed E-state index contributed by atoms with van der Waals surface area (Å²) in [6.45, 7) is 10.8. The molecule has 0 radical (unpaired) electrons. The van der Waals surface area contributed by atoms with E-state index >= 15 is 0 Å². The van der Waals surface area contributed by atoms with E-state index in [0.29, 0.717) is 17.2 Å². The van der Waals surface area contributed by atoms with Gasteiger partial charge in [0.05, 0.1) is 0 Å². The van der Waals surface area contributed by atoms with Crippen LogP contribution >= 0.6 is 0 Å². The Morgan fingerprint density at radius 2 is 2.00 bits per heavy atom. The van der Waals surface area contributed by atoms with Crippen molar-refractivity contribution in [2.75, 3.05) is 6.61 Å². The average molecular weight is 310 g/mol. The molecule has 116 valence electrons. The van der Waals surface area contributed by atoms with Crippen LogP contribution in [0, 0.1) is 0 Å². The minimum absolute atomic E-state index is 0.0186. The van der Waals surface area contributed by atoms with Crippen molar-refractivity contribution >= 4 is 14.3 Å². The first-order valence-electron chi connectivity index (χ1n) is 6.95. The zero-order chi connectivity index (χ0) is 15.8. The third-order valence-corrected chi connectivity index (χ3v) is 8.39. The second-order valence-corrected chi connectivity index (χ2v) is 11.5. The molecule has 0 spiro atoms. The Labute approximate surface area is 126 Å². The number of carbonyl (C=O) groups is 1. The fourth-order valence-electron chi connectivity index (χ4n) is 1.69. The van der Waals surface area contributed by atoms with E-state index in [9.17, 15) is 4.79 Å². The van der Waals surface area contributed by atoms with Crippen LogP contribution in [0.5, 0.6) is 17.2 Å². The molecule has 0 aliphatic carbocycles. The Morgan fingerprint density at radius 3 is 2.57 bits per heavy atom. The van der Waals surface area contributed by atoms with Gasteiger partial charge >= 0.3 is 5.97 Å². The van der Waals surface area contributed by atoms with Crippen LogP contribution in [0.25, 0.3) is 0 Å². The summed E-state index contributed by atoms with van der Waals surface area (Å²) >= 11 is 0. The fraction of sp³-hybridized carbons (Fsp3) is 0.533. The van der Waals surface area contributed by atoms with Crippen LogP contribution in [0.1, 0.15) is 20.8 Å². The number of fused-ring (bicyclic) bond motifs is 1. The van der Waals surface area contributed by atoms with Crippen LogP contribution in [0.2, 0.25) is 18.1 Å². The number of rotatable bonds is 3. The van der Waals surface area contributed by atoms with Crippen LogP contribution in [-0.2, 0) is 4.79 Å². The highest BCUT2D eigenvalue weighted by atomic mass is 28.4. The molecule has 0 bridgehead atoms. The molecular formula is C15H22O5Si. The maximum Gasteiger partial charge on any atom is 0.348 e. The zero-order valence-corrected chi connectivity index (χ0v) is 14.1. The van der Waals surface area contributed by atoms with Crippen molar-refractivity contribution in [2.45, 2.75) is 45.0 Å². The van der Waals surface area contributed by atoms with E-state index in [2.05, 4.69) is 33.9 Å². The first kappa shape index (κ1) is 15.7. The van der Waals surface area contributed by atoms with Gasteiger partial charge in [0.15, 0.2) is 11.5 Å². The summed E-state index contributed by atoms with van der Waals surface area (Å²) in [5.41, 5.74) is 0. The molecule has 1 N–H and O–H groups in total. The number of hydrogen-bond donors (Lipinski definition) is 1. The number of aliphatic carboxylic acids is 1. The number of benzene rings is 1. The number of carboxylic acids is 1. The molecule has 1 unspecified atom stereocenters. The van der Waals surface area contributed by atoms with Crippen LogP contribution in [0.3, 0.4) is 0 Å². The molecule has 0 amide bonds. The fourth-order valence-corrected chi connectivity index (χ4v) is 2.71. The first-order valence-corrected chi connectivity index (χ1v) is 9.86. The highest BCUT2D eigenvalue weighted by Crippen LogP contribution is 2.40. The molecule has 1 heterocycles. The lowest BCUT2D eigenvalue weighted by atomic mass is 10.2. The van der Waals surface area contributed by atoms with Crippen molar-refractivity contribution in [2.24, 2.45) is 0 Å². The SMILES string of the molecule is CC(C)(C)[Si](C)(C)Oc1ccc2c(c1)OC(C(=O)O)CO2. The molecule has 1 aromatic carbocycles. The molecule has 1 aliphatic heterocycles. The molecule has 1 aliphatic rings. The van der Waals surface area contributed by atoms with Crippen LogP contribution in [0.15, 0.2) is 18.2 Å². The number of carboxylic acid groups (broad SMARTS) is 1. The van der Waals surface area contributed by atoms with Gasteiger partial charge in [-0.1, -0.05) is 20.8 Å². The Kier molecular flexibility index (Phi) is 3.93. The largest absolute Gasteiger partial charge is 0.543 e. The molecule has 5 nitrogen and oxygen atoms in total. The molecule has 2 rings (SSSR count). The van der Waals surface area contributed by atoms with Crippen molar-refractivity contribution in [1.82, 2.24) is 0 Å². The maximum absolute atomic E-state index is 11.0. The zero-order valence-electron chi connectivity index (χ0n) is 13.1. The highest BCUT2D eigenvalue weighted by molar-refractivity contribution is 6.74. The smallest absolute Gasteiger partial charge is 0.348 e. The van der Waals surface area contributed by atoms with Crippen molar-refractivity contribution in [1.29, 1.82) is 0 Å². The molecule has 21 heavy (non-hydrogen) atoms. The molecule has 1 atom stereocenters. The minimum atomic E-state index is -1.94. The van der Waals surface area contributed by atoms with Gasteiger partial charge in [-0.3, -0.25) is 0 Å². The van der Waals surface area contributed by atoms with Gasteiger partial charge in [0.1, 0.15) is 12.4 Å². The first-order chi connectivity index (χ1) is 9.60. The van der Waals surface area contributed by atoms with Gasteiger partial charge in [0.25, 0.3) is 0 Å². The normalized spacial score (nSPS) is 18.2. The van der Waals surface area contributed by atoms with Gasteiger partial charge in [0, 0.05) is 6.07 Å². The van der Waals surface area contributed by atoms with Gasteiger partial charge < -0.3 is 19.0 Å². The van der Waals surface area contributed by atoms with Crippen molar-refractivity contribution in [3.63, 3.8) is 0 Å². The standard InChI is InChI=1S/C15H22O5Si/c1-15(2,3)21(4,5)20-10-6-7-11-12(8-10)19-13(9-18-11)14(16)17/h6-8,13H,9H2,1-5H3,(H,16,17). The average Bonchev–Trinajstić information content (AvgIpc) is 2.36. The predicted molar refractivity (Wildman–Crippen MR) is 81.8 cm³/mol. The predicted octanol–water partition coefficient (Wildman–Crippen LogP) is 3.30. The van der Waals surface area contributed by atoms with Crippen LogP contribution in [-0.4, -0.2) is 32.1 Å². The summed E-state index contributed by atoms with van der Waals surface area (Å²) in [5.74, 6) is 0.631. The molecule has 0 saturated carbocycles. The van der Waals surface area contributed by atoms with E-state index in [1.54, 1.807) is 12.1 Å². The van der Waals surface area contributed by atoms with Gasteiger partial charge in [-0.05, 0) is 30.3 Å². The summed E-state index contributed by atoms with van der Waals surface area (Å²) in [6.07, 6.45) is -0.972. The lowest BCUT2D eigenvalue weighted by Crippen LogP contribution is -2.43. The monoisotopic (exact) mass is 310 g/mol. The Morgan fingerprint density at radius 1 is 1.33 bits per heavy atom. The molecule has 0 saturated heterocycles. The molecule has 6 heteroatoms. The second-order valence-electron chi connectivity index (χ2n) is 6.73. The minimum Gasteiger partial charge on any atom is -0.543 e. The highest BCUT2D eigenvalue weighted by Gasteiger charge is 2.39. The number of ether oxygens (including phenoxy) is 2. The van der Waals surface area contributed by atoms with Gasteiger partial charge in [0.2, 0.25) is 14.4 Å². The number of hydrogen-bond acceptors (Lipinski definition) is 4. The molecule has 0 fully saturated rings. The van der Waals surface area contributed by atoms with E-state index in [-0.39, 0.29) is 11.6 Å². The molecule has 1 aromatic rings. The Bertz CT molecular complexity index is 547. The summed E-state index contributed by atoms with van der Waals surface area (Å²) < 4.78 is 17.0. The van der Waals surface area contributed by atoms with E-state index in [1.807, 2.05) is 6.07 Å². The molecular weight excluding hydrogens is 288 g/mol. The van der Waals surface area contributed by atoms with E-state index in [0.717, 1.165) is 0 Å². The summed E-state index contributed by atoms with van der Waals surface area (Å²) in [5, 5.41) is 9.08. The Balaban J connectivity index is 2.22. The summed E-state index contributed by atoms with van der Waals surface area (Å²) in [7, 11) is -1.94. The topological polar surface area (TPSA) is 65.0 Å². The van der Waals surface area contributed by atoms with Crippen LogP contribution < -0.4 is 13.9 Å².